The number of rotatable bonds is 4. The van der Waals surface area contributed by atoms with Gasteiger partial charge in [0, 0.05) is 36.8 Å². The smallest absolute Gasteiger partial charge is 0.220 e. The van der Waals surface area contributed by atoms with Crippen LogP contribution in [0.25, 0.3) is 0 Å². The lowest BCUT2D eigenvalue weighted by Gasteiger charge is -2.27. The van der Waals surface area contributed by atoms with Crippen LogP contribution in [0.15, 0.2) is 12.5 Å². The summed E-state index contributed by atoms with van der Waals surface area (Å²) >= 11 is 0. The third kappa shape index (κ3) is 1.96. The summed E-state index contributed by atoms with van der Waals surface area (Å²) in [6, 6.07) is 0. The summed E-state index contributed by atoms with van der Waals surface area (Å²) in [5.41, 5.74) is 1.18. The molecule has 4 nitrogen and oxygen atoms in total. The van der Waals surface area contributed by atoms with E-state index in [1.807, 2.05) is 12.5 Å². The van der Waals surface area contributed by atoms with Crippen LogP contribution in [0.4, 0.5) is 0 Å². The molecule has 0 saturated carbocycles. The van der Waals surface area contributed by atoms with Gasteiger partial charge in [0.2, 0.25) is 5.91 Å². The Morgan fingerprint density at radius 1 is 1.56 bits per heavy atom. The summed E-state index contributed by atoms with van der Waals surface area (Å²) in [5.74, 6) is 0.185. The van der Waals surface area contributed by atoms with Crippen molar-refractivity contribution in [1.82, 2.24) is 14.9 Å². The largest absolute Gasteiger partial charge is 0.350 e. The molecule has 88 valence electrons. The Labute approximate surface area is 96.1 Å². The van der Waals surface area contributed by atoms with Crippen LogP contribution in [0, 0.1) is 0 Å². The molecule has 1 unspecified atom stereocenters. The molecule has 1 saturated heterocycles. The molecular weight excluding hydrogens is 202 g/mol. The molecule has 0 radical (unpaired) electrons. The number of carbonyl (C=O) groups is 1. The predicted octanol–water partition coefficient (Wildman–Crippen LogP) is 1.50. The lowest BCUT2D eigenvalue weighted by atomic mass is 9.89. The Kier molecular flexibility index (Phi) is 2.99. The van der Waals surface area contributed by atoms with Gasteiger partial charge in [0.15, 0.2) is 0 Å². The van der Waals surface area contributed by atoms with Gasteiger partial charge in [-0.3, -0.25) is 4.79 Å². The Morgan fingerprint density at radius 3 is 2.94 bits per heavy atom. The molecule has 0 aliphatic carbocycles. The quantitative estimate of drug-likeness (QED) is 0.837. The normalized spacial score (nSPS) is 24.8. The topological polar surface area (TPSA) is 46.9 Å². The molecule has 16 heavy (non-hydrogen) atoms. The highest BCUT2D eigenvalue weighted by Crippen LogP contribution is 2.27. The number of amides is 1. The van der Waals surface area contributed by atoms with Crippen molar-refractivity contribution in [2.45, 2.75) is 51.6 Å². The van der Waals surface area contributed by atoms with Crippen molar-refractivity contribution in [3.8, 4) is 0 Å². The van der Waals surface area contributed by atoms with E-state index in [-0.39, 0.29) is 11.4 Å². The number of nitrogens with zero attached hydrogens (tertiary/aromatic N) is 2. The maximum absolute atomic E-state index is 11.4. The lowest BCUT2D eigenvalue weighted by molar-refractivity contribution is -0.119. The first kappa shape index (κ1) is 11.2. The Morgan fingerprint density at radius 2 is 2.38 bits per heavy atom. The van der Waals surface area contributed by atoms with Crippen LogP contribution in [0.1, 0.15) is 38.8 Å². The highest BCUT2D eigenvalue weighted by Gasteiger charge is 2.36. The van der Waals surface area contributed by atoms with Gasteiger partial charge in [0.1, 0.15) is 0 Å². The fraction of sp³-hybridized carbons (Fsp3) is 0.667. The highest BCUT2D eigenvalue weighted by molar-refractivity contribution is 5.79. The average molecular weight is 221 g/mol. The van der Waals surface area contributed by atoms with Crippen molar-refractivity contribution in [2.24, 2.45) is 0 Å². The van der Waals surface area contributed by atoms with E-state index >= 15 is 0 Å². The van der Waals surface area contributed by atoms with Gasteiger partial charge in [-0.05, 0) is 19.8 Å². The van der Waals surface area contributed by atoms with Gasteiger partial charge in [-0.25, -0.2) is 4.98 Å². The zero-order valence-corrected chi connectivity index (χ0v) is 9.99. The van der Waals surface area contributed by atoms with Crippen LogP contribution in [0.5, 0.6) is 0 Å². The Hall–Kier alpha value is -1.32. The Balaban J connectivity index is 2.16. The molecule has 1 aromatic heterocycles. The summed E-state index contributed by atoms with van der Waals surface area (Å²) in [6.45, 7) is 5.18. The van der Waals surface area contributed by atoms with Crippen molar-refractivity contribution in [3.63, 3.8) is 0 Å². The van der Waals surface area contributed by atoms with Gasteiger partial charge in [-0.1, -0.05) is 6.92 Å². The van der Waals surface area contributed by atoms with Crippen LogP contribution < -0.4 is 5.32 Å². The number of aryl methyl sites for hydroxylation is 1. The first-order chi connectivity index (χ1) is 7.69. The highest BCUT2D eigenvalue weighted by atomic mass is 16.2. The molecule has 1 N–H and O–H groups in total. The molecule has 1 aromatic rings. The van der Waals surface area contributed by atoms with E-state index in [0.717, 1.165) is 25.8 Å². The maximum atomic E-state index is 11.4. The molecule has 4 heteroatoms. The van der Waals surface area contributed by atoms with E-state index in [4.69, 9.17) is 0 Å². The summed E-state index contributed by atoms with van der Waals surface area (Å²) in [7, 11) is 0. The molecule has 0 aromatic carbocycles. The molecule has 1 aliphatic rings. The van der Waals surface area contributed by atoms with Crippen LogP contribution >= 0.6 is 0 Å². The van der Waals surface area contributed by atoms with Crippen LogP contribution in [0.2, 0.25) is 0 Å². The van der Waals surface area contributed by atoms with E-state index in [1.54, 1.807) is 0 Å². The van der Waals surface area contributed by atoms with E-state index < -0.39 is 0 Å². The molecule has 1 amide bonds. The summed E-state index contributed by atoms with van der Waals surface area (Å²) in [4.78, 5) is 15.5. The molecule has 1 fully saturated rings. The van der Waals surface area contributed by atoms with Crippen LogP contribution in [-0.4, -0.2) is 21.0 Å². The Bertz CT molecular complexity index is 385. The third-order valence-electron chi connectivity index (χ3n) is 3.57. The van der Waals surface area contributed by atoms with Crippen LogP contribution in [-0.2, 0) is 17.8 Å². The molecule has 1 aliphatic heterocycles. The number of nitrogens with one attached hydrogen (secondary N) is 1. The second kappa shape index (κ2) is 4.28. The predicted molar refractivity (Wildman–Crippen MR) is 62.0 cm³/mol. The monoisotopic (exact) mass is 221 g/mol. The second-order valence-corrected chi connectivity index (χ2v) is 4.53. The average Bonchev–Trinajstić information content (AvgIpc) is 2.86. The lowest BCUT2D eigenvalue weighted by Crippen LogP contribution is -2.43. The summed E-state index contributed by atoms with van der Waals surface area (Å²) in [5, 5.41) is 3.13. The van der Waals surface area contributed by atoms with E-state index in [2.05, 4.69) is 28.7 Å². The fourth-order valence-corrected chi connectivity index (χ4v) is 2.42. The van der Waals surface area contributed by atoms with Gasteiger partial charge in [-0.15, -0.1) is 0 Å². The summed E-state index contributed by atoms with van der Waals surface area (Å²) < 4.78 is 2.14. The van der Waals surface area contributed by atoms with Gasteiger partial charge in [-0.2, -0.15) is 0 Å². The number of hydrogen-bond donors (Lipinski definition) is 1. The van der Waals surface area contributed by atoms with Crippen molar-refractivity contribution in [1.29, 1.82) is 0 Å². The molecule has 1 atom stereocenters. The zero-order chi connectivity index (χ0) is 11.6. The van der Waals surface area contributed by atoms with Gasteiger partial charge < -0.3 is 9.88 Å². The first-order valence-electron chi connectivity index (χ1n) is 5.99. The van der Waals surface area contributed by atoms with Crippen molar-refractivity contribution < 1.29 is 4.79 Å². The van der Waals surface area contributed by atoms with E-state index in [1.165, 1.54) is 5.69 Å². The minimum atomic E-state index is -0.0377. The maximum Gasteiger partial charge on any atom is 0.220 e. The number of hydrogen-bond acceptors (Lipinski definition) is 2. The summed E-state index contributed by atoms with van der Waals surface area (Å²) in [6.07, 6.45) is 7.24. The fourth-order valence-electron chi connectivity index (χ4n) is 2.42. The third-order valence-corrected chi connectivity index (χ3v) is 3.57. The standard InChI is InChI=1S/C12H19N3O/c1-3-12(6-5-11(16)14-12)7-10-8-13-9-15(10)4-2/h8-9H,3-7H2,1-2H3,(H,14,16). The number of aromatic nitrogens is 2. The zero-order valence-electron chi connectivity index (χ0n) is 9.99. The SMILES string of the molecule is CCn1cncc1CC1(CC)CCC(=O)N1. The van der Waals surface area contributed by atoms with Gasteiger partial charge in [0.05, 0.1) is 6.33 Å². The van der Waals surface area contributed by atoms with Crippen LogP contribution in [0.3, 0.4) is 0 Å². The van der Waals surface area contributed by atoms with Gasteiger partial charge in [0.25, 0.3) is 0 Å². The first-order valence-corrected chi connectivity index (χ1v) is 5.99. The van der Waals surface area contributed by atoms with E-state index in [0.29, 0.717) is 6.42 Å². The molecule has 0 bridgehead atoms. The minimum absolute atomic E-state index is 0.0377. The van der Waals surface area contributed by atoms with Crippen molar-refractivity contribution in [3.05, 3.63) is 18.2 Å². The second-order valence-electron chi connectivity index (χ2n) is 4.53. The molecule has 2 rings (SSSR count). The van der Waals surface area contributed by atoms with Crippen molar-refractivity contribution >= 4 is 5.91 Å². The number of carbonyl (C=O) groups excluding carboxylic acids is 1. The van der Waals surface area contributed by atoms with E-state index in [9.17, 15) is 4.79 Å². The molecule has 0 spiro atoms. The molecular formula is C12H19N3O. The number of imidazole rings is 1. The van der Waals surface area contributed by atoms with Gasteiger partial charge >= 0.3 is 0 Å². The molecule has 2 heterocycles. The minimum Gasteiger partial charge on any atom is -0.350 e. The van der Waals surface area contributed by atoms with Crippen molar-refractivity contribution in [2.75, 3.05) is 0 Å².